The van der Waals surface area contributed by atoms with Crippen LogP contribution in [0.4, 0.5) is 4.39 Å². The molecule has 0 saturated carbocycles. The summed E-state index contributed by atoms with van der Waals surface area (Å²) in [7, 11) is 0. The van der Waals surface area contributed by atoms with Crippen LogP contribution < -0.4 is 5.32 Å². The second kappa shape index (κ2) is 7.97. The van der Waals surface area contributed by atoms with Crippen molar-refractivity contribution in [2.75, 3.05) is 13.1 Å². The van der Waals surface area contributed by atoms with E-state index in [9.17, 15) is 9.18 Å². The molecule has 2 aromatic rings. The largest absolute Gasteiger partial charge is 0.330 e. The van der Waals surface area contributed by atoms with Gasteiger partial charge in [0.2, 0.25) is 0 Å². The second-order valence-corrected chi connectivity index (χ2v) is 5.94. The molecule has 2 aromatic heterocycles. The highest BCUT2D eigenvalue weighted by molar-refractivity contribution is 5.94. The molecule has 0 aliphatic carbocycles. The summed E-state index contributed by atoms with van der Waals surface area (Å²) in [5.41, 5.74) is 0.871. The number of hydrogen-bond acceptors (Lipinski definition) is 4. The Morgan fingerprint density at radius 1 is 1.25 bits per heavy atom. The Labute approximate surface area is 140 Å². The molecule has 1 fully saturated rings. The fourth-order valence-electron chi connectivity index (χ4n) is 3.05. The first-order chi connectivity index (χ1) is 11.8. The van der Waals surface area contributed by atoms with E-state index in [1.807, 2.05) is 18.2 Å². The van der Waals surface area contributed by atoms with Crippen LogP contribution in [0.25, 0.3) is 0 Å². The van der Waals surface area contributed by atoms with Crippen molar-refractivity contribution in [3.05, 3.63) is 59.9 Å². The van der Waals surface area contributed by atoms with Gasteiger partial charge in [0, 0.05) is 18.4 Å². The summed E-state index contributed by atoms with van der Waals surface area (Å²) in [6.07, 6.45) is 6.99. The number of pyridine rings is 2. The number of carbonyl (C=O) groups excluding carboxylic acids is 1. The van der Waals surface area contributed by atoms with E-state index in [0.717, 1.165) is 44.2 Å². The van der Waals surface area contributed by atoms with Gasteiger partial charge in [-0.2, -0.15) is 0 Å². The van der Waals surface area contributed by atoms with Gasteiger partial charge in [-0.05, 0) is 50.6 Å². The van der Waals surface area contributed by atoms with E-state index in [1.54, 1.807) is 11.1 Å². The van der Waals surface area contributed by atoms with Gasteiger partial charge < -0.3 is 10.2 Å². The molecule has 1 N–H and O–H groups in total. The van der Waals surface area contributed by atoms with Crippen LogP contribution in [0.15, 0.2) is 42.9 Å². The zero-order valence-electron chi connectivity index (χ0n) is 13.5. The fraction of sp³-hybridized carbons (Fsp3) is 0.389. The summed E-state index contributed by atoms with van der Waals surface area (Å²) in [6, 6.07) is 7.14. The van der Waals surface area contributed by atoms with Crippen molar-refractivity contribution in [1.29, 1.82) is 0 Å². The first-order valence-electron chi connectivity index (χ1n) is 8.27. The van der Waals surface area contributed by atoms with E-state index in [2.05, 4.69) is 15.3 Å². The number of nitrogens with one attached hydrogen (secondary N) is 1. The Bertz CT molecular complexity index is 672. The van der Waals surface area contributed by atoms with Gasteiger partial charge >= 0.3 is 0 Å². The molecule has 1 amide bonds. The summed E-state index contributed by atoms with van der Waals surface area (Å²) in [6.45, 7) is 2.19. The maximum Gasteiger partial charge on any atom is 0.257 e. The molecular formula is C18H21FN4O. The molecule has 6 heteroatoms. The highest BCUT2D eigenvalue weighted by atomic mass is 19.1. The van der Waals surface area contributed by atoms with Crippen LogP contribution in [0.1, 0.15) is 35.3 Å². The highest BCUT2D eigenvalue weighted by Gasteiger charge is 2.27. The summed E-state index contributed by atoms with van der Waals surface area (Å²) in [4.78, 5) is 22.8. The molecule has 3 heterocycles. The number of hydrogen-bond donors (Lipinski definition) is 1. The summed E-state index contributed by atoms with van der Waals surface area (Å²) in [5.74, 6) is -0.882. The van der Waals surface area contributed by atoms with Crippen molar-refractivity contribution >= 4 is 5.91 Å². The van der Waals surface area contributed by atoms with Crippen molar-refractivity contribution in [3.63, 3.8) is 0 Å². The fourth-order valence-corrected chi connectivity index (χ4v) is 3.05. The predicted octanol–water partition coefficient (Wildman–Crippen LogP) is 2.40. The van der Waals surface area contributed by atoms with Crippen LogP contribution in [-0.2, 0) is 6.54 Å². The lowest BCUT2D eigenvalue weighted by Crippen LogP contribution is -2.41. The monoisotopic (exact) mass is 328 g/mol. The molecule has 0 aromatic carbocycles. The molecule has 1 aliphatic rings. The molecular weight excluding hydrogens is 307 g/mol. The Balaban J connectivity index is 1.88. The lowest BCUT2D eigenvalue weighted by molar-refractivity contribution is 0.0637. The number of rotatable bonds is 4. The van der Waals surface area contributed by atoms with Crippen molar-refractivity contribution in [2.45, 2.75) is 31.8 Å². The molecule has 0 spiro atoms. The average molecular weight is 328 g/mol. The van der Waals surface area contributed by atoms with Crippen LogP contribution >= 0.6 is 0 Å². The van der Waals surface area contributed by atoms with Crippen molar-refractivity contribution in [1.82, 2.24) is 20.2 Å². The number of aromatic nitrogens is 2. The van der Waals surface area contributed by atoms with Crippen LogP contribution in [0, 0.1) is 5.82 Å². The smallest absolute Gasteiger partial charge is 0.257 e. The summed E-state index contributed by atoms with van der Waals surface area (Å²) >= 11 is 0. The van der Waals surface area contributed by atoms with Gasteiger partial charge in [-0.3, -0.25) is 14.8 Å². The first-order valence-corrected chi connectivity index (χ1v) is 8.27. The minimum absolute atomic E-state index is 0.0677. The maximum atomic E-state index is 14.0. The molecule has 0 unspecified atom stereocenters. The zero-order chi connectivity index (χ0) is 16.8. The Morgan fingerprint density at radius 2 is 2.17 bits per heavy atom. The third-order valence-electron chi connectivity index (χ3n) is 4.31. The molecule has 1 saturated heterocycles. The number of carbonyl (C=O) groups is 1. The topological polar surface area (TPSA) is 58.1 Å². The minimum Gasteiger partial charge on any atom is -0.330 e. The Kier molecular flexibility index (Phi) is 5.48. The van der Waals surface area contributed by atoms with Crippen molar-refractivity contribution in [3.8, 4) is 0 Å². The molecule has 1 atom stereocenters. The number of amides is 1. The van der Waals surface area contributed by atoms with Gasteiger partial charge in [0.25, 0.3) is 5.91 Å². The third kappa shape index (κ3) is 3.94. The van der Waals surface area contributed by atoms with Gasteiger partial charge in [0.1, 0.15) is 0 Å². The van der Waals surface area contributed by atoms with Gasteiger partial charge in [0.15, 0.2) is 5.82 Å². The first kappa shape index (κ1) is 16.5. The van der Waals surface area contributed by atoms with Crippen LogP contribution in [0.5, 0.6) is 0 Å². The lowest BCUT2D eigenvalue weighted by atomic mass is 10.1. The minimum atomic E-state index is -0.583. The highest BCUT2D eigenvalue weighted by Crippen LogP contribution is 2.20. The molecule has 5 nitrogen and oxygen atoms in total. The molecule has 24 heavy (non-hydrogen) atoms. The predicted molar refractivity (Wildman–Crippen MR) is 88.8 cm³/mol. The van der Waals surface area contributed by atoms with E-state index in [4.69, 9.17) is 0 Å². The number of nitrogens with zero attached hydrogens (tertiary/aromatic N) is 3. The number of halogens is 1. The summed E-state index contributed by atoms with van der Waals surface area (Å²) in [5, 5.41) is 3.35. The van der Waals surface area contributed by atoms with Crippen molar-refractivity contribution < 1.29 is 9.18 Å². The SMILES string of the molecule is O=C(c1ccncc1F)N(Cc1ccccn1)[C@@H]1CCCNCC1. The van der Waals surface area contributed by atoms with E-state index in [-0.39, 0.29) is 17.5 Å². The maximum absolute atomic E-state index is 14.0. The molecule has 0 radical (unpaired) electrons. The Hall–Kier alpha value is -2.34. The van der Waals surface area contributed by atoms with E-state index in [0.29, 0.717) is 6.54 Å². The van der Waals surface area contributed by atoms with Crippen LogP contribution in [0.2, 0.25) is 0 Å². The van der Waals surface area contributed by atoms with E-state index < -0.39 is 5.82 Å². The standard InChI is InChI=1S/C18H21FN4O/c19-17-12-21-11-7-16(17)18(24)23(13-14-4-1-2-9-22-14)15-5-3-8-20-10-6-15/h1-2,4,7,9,11-12,15,20H,3,5-6,8,10,13H2/t15-/m1/s1. The second-order valence-electron chi connectivity index (χ2n) is 5.94. The van der Waals surface area contributed by atoms with Gasteiger partial charge in [-0.15, -0.1) is 0 Å². The van der Waals surface area contributed by atoms with Gasteiger partial charge in [0.05, 0.1) is 24.0 Å². The molecule has 3 rings (SSSR count). The Morgan fingerprint density at radius 3 is 2.96 bits per heavy atom. The third-order valence-corrected chi connectivity index (χ3v) is 4.31. The van der Waals surface area contributed by atoms with Crippen molar-refractivity contribution in [2.24, 2.45) is 0 Å². The summed E-state index contributed by atoms with van der Waals surface area (Å²) < 4.78 is 14.0. The zero-order valence-corrected chi connectivity index (χ0v) is 13.5. The average Bonchev–Trinajstić information content (AvgIpc) is 2.90. The molecule has 126 valence electrons. The van der Waals surface area contributed by atoms with E-state index in [1.165, 1.54) is 12.3 Å². The van der Waals surface area contributed by atoms with Gasteiger partial charge in [-0.1, -0.05) is 6.07 Å². The normalized spacial score (nSPS) is 18.0. The van der Waals surface area contributed by atoms with Crippen LogP contribution in [0.3, 0.4) is 0 Å². The molecule has 0 bridgehead atoms. The molecule has 1 aliphatic heterocycles. The lowest BCUT2D eigenvalue weighted by Gasteiger charge is -2.31. The quantitative estimate of drug-likeness (QED) is 0.936. The van der Waals surface area contributed by atoms with Crippen LogP contribution in [-0.4, -0.2) is 39.9 Å². The van der Waals surface area contributed by atoms with Gasteiger partial charge in [-0.25, -0.2) is 4.39 Å². The van der Waals surface area contributed by atoms with E-state index >= 15 is 0 Å².